The third kappa shape index (κ3) is 4.12. The van der Waals surface area contributed by atoms with Crippen molar-refractivity contribution in [3.8, 4) is 0 Å². The van der Waals surface area contributed by atoms with Crippen molar-refractivity contribution in [2.75, 3.05) is 19.6 Å². The molecule has 1 rings (SSSR count). The molecule has 1 aliphatic carbocycles. The molecule has 0 spiro atoms. The van der Waals surface area contributed by atoms with Crippen molar-refractivity contribution >= 4 is 0 Å². The molecule has 0 saturated heterocycles. The Bertz CT molecular complexity index is 168. The highest BCUT2D eigenvalue weighted by molar-refractivity contribution is 4.76. The Morgan fingerprint density at radius 3 is 2.40 bits per heavy atom. The summed E-state index contributed by atoms with van der Waals surface area (Å²) in [5.74, 6) is 1.34. The van der Waals surface area contributed by atoms with Crippen LogP contribution in [0.15, 0.2) is 0 Å². The molecule has 0 bridgehead atoms. The Morgan fingerprint density at radius 2 is 2.00 bits per heavy atom. The van der Waals surface area contributed by atoms with Crippen LogP contribution in [0, 0.1) is 11.8 Å². The number of nitrogens with zero attached hydrogens (tertiary/aromatic N) is 1. The van der Waals surface area contributed by atoms with E-state index in [4.69, 9.17) is 0 Å². The van der Waals surface area contributed by atoms with Crippen LogP contribution in [0.2, 0.25) is 0 Å². The Labute approximate surface area is 94.7 Å². The largest absolute Gasteiger partial charge is 0.392 e. The lowest BCUT2D eigenvalue weighted by Gasteiger charge is -2.33. The predicted octanol–water partition coefficient (Wildman–Crippen LogP) is 2.52. The molecule has 1 N–H and O–H groups in total. The van der Waals surface area contributed by atoms with Crippen molar-refractivity contribution in [1.29, 1.82) is 0 Å². The van der Waals surface area contributed by atoms with Crippen molar-refractivity contribution in [3.63, 3.8) is 0 Å². The maximum atomic E-state index is 9.98. The molecule has 1 aliphatic rings. The third-order valence-electron chi connectivity index (χ3n) is 3.93. The first-order chi connectivity index (χ1) is 7.17. The SMILES string of the molecule is CCC(C)C(O)CN(CC)CC1CCC1. The summed E-state index contributed by atoms with van der Waals surface area (Å²) in [5.41, 5.74) is 0. The van der Waals surface area contributed by atoms with E-state index in [1.54, 1.807) is 0 Å². The van der Waals surface area contributed by atoms with Crippen LogP contribution in [-0.2, 0) is 0 Å². The fourth-order valence-electron chi connectivity index (χ4n) is 2.09. The van der Waals surface area contributed by atoms with Gasteiger partial charge in [-0.25, -0.2) is 0 Å². The van der Waals surface area contributed by atoms with E-state index in [2.05, 4.69) is 25.7 Å². The van der Waals surface area contributed by atoms with Crippen molar-refractivity contribution < 1.29 is 5.11 Å². The van der Waals surface area contributed by atoms with Gasteiger partial charge in [0.2, 0.25) is 0 Å². The molecule has 15 heavy (non-hydrogen) atoms. The minimum absolute atomic E-state index is 0.143. The van der Waals surface area contributed by atoms with Crippen molar-refractivity contribution in [3.05, 3.63) is 0 Å². The minimum atomic E-state index is -0.143. The molecular formula is C13H27NO. The summed E-state index contributed by atoms with van der Waals surface area (Å²) in [7, 11) is 0. The van der Waals surface area contributed by atoms with Gasteiger partial charge in [0.05, 0.1) is 6.10 Å². The Hall–Kier alpha value is -0.0800. The summed E-state index contributed by atoms with van der Waals surface area (Å²) in [6.45, 7) is 9.62. The highest BCUT2D eigenvalue weighted by Gasteiger charge is 2.22. The van der Waals surface area contributed by atoms with Crippen LogP contribution in [0.3, 0.4) is 0 Å². The van der Waals surface area contributed by atoms with E-state index >= 15 is 0 Å². The van der Waals surface area contributed by atoms with Crippen molar-refractivity contribution in [2.45, 2.75) is 52.6 Å². The van der Waals surface area contributed by atoms with E-state index in [9.17, 15) is 5.11 Å². The number of rotatable bonds is 7. The lowest BCUT2D eigenvalue weighted by atomic mass is 9.85. The van der Waals surface area contributed by atoms with Crippen LogP contribution in [0.4, 0.5) is 0 Å². The second-order valence-corrected chi connectivity index (χ2v) is 5.10. The van der Waals surface area contributed by atoms with E-state index in [1.165, 1.54) is 25.8 Å². The quantitative estimate of drug-likeness (QED) is 0.702. The van der Waals surface area contributed by atoms with Gasteiger partial charge in [0.1, 0.15) is 0 Å². The van der Waals surface area contributed by atoms with E-state index in [0.29, 0.717) is 5.92 Å². The van der Waals surface area contributed by atoms with E-state index in [-0.39, 0.29) is 6.10 Å². The second-order valence-electron chi connectivity index (χ2n) is 5.10. The van der Waals surface area contributed by atoms with Crippen LogP contribution in [0.1, 0.15) is 46.5 Å². The summed E-state index contributed by atoms with van der Waals surface area (Å²) in [6.07, 6.45) is 5.14. The molecule has 0 aliphatic heterocycles. The van der Waals surface area contributed by atoms with Gasteiger partial charge in [0.25, 0.3) is 0 Å². The molecule has 0 aromatic carbocycles. The highest BCUT2D eigenvalue weighted by atomic mass is 16.3. The molecule has 2 atom stereocenters. The predicted molar refractivity (Wildman–Crippen MR) is 64.9 cm³/mol. The molecule has 1 fully saturated rings. The van der Waals surface area contributed by atoms with E-state index < -0.39 is 0 Å². The van der Waals surface area contributed by atoms with Gasteiger partial charge < -0.3 is 10.0 Å². The number of likely N-dealkylation sites (N-methyl/N-ethyl adjacent to an activating group) is 1. The van der Waals surface area contributed by atoms with Crippen molar-refractivity contribution in [1.82, 2.24) is 4.90 Å². The maximum absolute atomic E-state index is 9.98. The monoisotopic (exact) mass is 213 g/mol. The van der Waals surface area contributed by atoms with Crippen LogP contribution < -0.4 is 0 Å². The zero-order valence-corrected chi connectivity index (χ0v) is 10.6. The van der Waals surface area contributed by atoms with Gasteiger partial charge >= 0.3 is 0 Å². The van der Waals surface area contributed by atoms with Crippen LogP contribution in [0.25, 0.3) is 0 Å². The fourth-order valence-corrected chi connectivity index (χ4v) is 2.09. The summed E-state index contributed by atoms with van der Waals surface area (Å²) in [4.78, 5) is 2.42. The van der Waals surface area contributed by atoms with E-state index in [0.717, 1.165) is 25.4 Å². The number of hydrogen-bond donors (Lipinski definition) is 1. The number of aliphatic hydroxyl groups excluding tert-OH is 1. The molecule has 0 aromatic heterocycles. The zero-order valence-electron chi connectivity index (χ0n) is 10.6. The van der Waals surface area contributed by atoms with Crippen molar-refractivity contribution in [2.24, 2.45) is 11.8 Å². The normalized spacial score (nSPS) is 21.4. The molecule has 0 amide bonds. The third-order valence-corrected chi connectivity index (χ3v) is 3.93. The van der Waals surface area contributed by atoms with Gasteiger partial charge in [-0.15, -0.1) is 0 Å². The van der Waals surface area contributed by atoms with Crippen LogP contribution in [0.5, 0.6) is 0 Å². The number of aliphatic hydroxyl groups is 1. The summed E-state index contributed by atoms with van der Waals surface area (Å²) in [5, 5.41) is 9.98. The fraction of sp³-hybridized carbons (Fsp3) is 1.00. The molecule has 2 unspecified atom stereocenters. The lowest BCUT2D eigenvalue weighted by molar-refractivity contribution is 0.0578. The average molecular weight is 213 g/mol. The van der Waals surface area contributed by atoms with Gasteiger partial charge in [-0.3, -0.25) is 0 Å². The minimum Gasteiger partial charge on any atom is -0.392 e. The van der Waals surface area contributed by atoms with Crippen LogP contribution >= 0.6 is 0 Å². The highest BCUT2D eigenvalue weighted by Crippen LogP contribution is 2.27. The molecule has 0 heterocycles. The first-order valence-corrected chi connectivity index (χ1v) is 6.57. The number of hydrogen-bond acceptors (Lipinski definition) is 2. The smallest absolute Gasteiger partial charge is 0.0692 e. The van der Waals surface area contributed by atoms with Crippen LogP contribution in [-0.4, -0.2) is 35.7 Å². The zero-order chi connectivity index (χ0) is 11.3. The van der Waals surface area contributed by atoms with Gasteiger partial charge in [-0.2, -0.15) is 0 Å². The Morgan fingerprint density at radius 1 is 1.33 bits per heavy atom. The summed E-state index contributed by atoms with van der Waals surface area (Å²) >= 11 is 0. The first-order valence-electron chi connectivity index (χ1n) is 6.57. The van der Waals surface area contributed by atoms with Gasteiger partial charge in [0.15, 0.2) is 0 Å². The molecule has 1 saturated carbocycles. The molecule has 2 nitrogen and oxygen atoms in total. The lowest BCUT2D eigenvalue weighted by Crippen LogP contribution is -2.39. The first kappa shape index (κ1) is 13.0. The molecule has 0 radical (unpaired) electrons. The van der Waals surface area contributed by atoms with Gasteiger partial charge in [-0.05, 0) is 31.2 Å². The average Bonchev–Trinajstić information content (AvgIpc) is 2.19. The summed E-state index contributed by atoms with van der Waals surface area (Å²) < 4.78 is 0. The standard InChI is InChI=1S/C13H27NO/c1-4-11(3)13(15)10-14(5-2)9-12-7-6-8-12/h11-13,15H,4-10H2,1-3H3. The molecule has 0 aromatic rings. The van der Waals surface area contributed by atoms with E-state index in [1.807, 2.05) is 0 Å². The maximum Gasteiger partial charge on any atom is 0.0692 e. The Balaban J connectivity index is 2.24. The Kier molecular flexibility index (Phi) is 5.62. The second kappa shape index (κ2) is 6.49. The summed E-state index contributed by atoms with van der Waals surface area (Å²) in [6, 6.07) is 0. The van der Waals surface area contributed by atoms with Gasteiger partial charge in [-0.1, -0.05) is 33.6 Å². The molecule has 2 heteroatoms. The topological polar surface area (TPSA) is 23.5 Å². The van der Waals surface area contributed by atoms with Gasteiger partial charge in [0, 0.05) is 13.1 Å². The molecular weight excluding hydrogens is 186 g/mol. The molecule has 90 valence electrons.